The molecular formula is C26H27N3O. The van der Waals surface area contributed by atoms with Crippen molar-refractivity contribution in [3.63, 3.8) is 0 Å². The third-order valence-electron chi connectivity index (χ3n) is 5.63. The Balaban J connectivity index is 1.74. The van der Waals surface area contributed by atoms with Gasteiger partial charge in [-0.3, -0.25) is 9.78 Å². The Morgan fingerprint density at radius 2 is 1.63 bits per heavy atom. The fraction of sp³-hybridized carbons (Fsp3) is 0.231. The summed E-state index contributed by atoms with van der Waals surface area (Å²) in [6, 6.07) is 22.7. The van der Waals surface area contributed by atoms with E-state index in [9.17, 15) is 4.79 Å². The van der Waals surface area contributed by atoms with E-state index >= 15 is 0 Å². The summed E-state index contributed by atoms with van der Waals surface area (Å²) < 4.78 is 2.20. The molecule has 0 bridgehead atoms. The molecule has 0 radical (unpaired) electrons. The summed E-state index contributed by atoms with van der Waals surface area (Å²) in [6.45, 7) is 4.73. The second-order valence-electron chi connectivity index (χ2n) is 7.92. The second-order valence-corrected chi connectivity index (χ2v) is 7.92. The lowest BCUT2D eigenvalue weighted by Crippen LogP contribution is -2.37. The normalized spacial score (nSPS) is 11.2. The van der Waals surface area contributed by atoms with Gasteiger partial charge in [-0.2, -0.15) is 0 Å². The Kier molecular flexibility index (Phi) is 5.66. The summed E-state index contributed by atoms with van der Waals surface area (Å²) in [5.74, 6) is 0.135. The zero-order valence-corrected chi connectivity index (χ0v) is 17.7. The molecule has 0 saturated heterocycles. The molecule has 0 atom stereocenters. The van der Waals surface area contributed by atoms with E-state index in [0.717, 1.165) is 33.3 Å². The van der Waals surface area contributed by atoms with Crippen LogP contribution in [0.3, 0.4) is 0 Å². The Hall–Kier alpha value is -3.40. The molecule has 152 valence electrons. The van der Waals surface area contributed by atoms with Crippen LogP contribution in [0.2, 0.25) is 0 Å². The highest BCUT2D eigenvalue weighted by molar-refractivity contribution is 5.96. The van der Waals surface area contributed by atoms with Gasteiger partial charge in [-0.05, 0) is 48.7 Å². The Morgan fingerprint density at radius 1 is 0.967 bits per heavy atom. The highest BCUT2D eigenvalue weighted by Gasteiger charge is 2.23. The van der Waals surface area contributed by atoms with Crippen LogP contribution in [0.15, 0.2) is 79.1 Å². The van der Waals surface area contributed by atoms with E-state index in [1.54, 1.807) is 12.4 Å². The van der Waals surface area contributed by atoms with E-state index in [1.165, 1.54) is 0 Å². The van der Waals surface area contributed by atoms with Crippen LogP contribution >= 0.6 is 0 Å². The molecule has 0 spiro atoms. The summed E-state index contributed by atoms with van der Waals surface area (Å²) in [6.07, 6.45) is 3.92. The largest absolute Gasteiger partial charge is 0.343 e. The molecule has 2 aromatic carbocycles. The van der Waals surface area contributed by atoms with Gasteiger partial charge in [0.2, 0.25) is 5.91 Å². The van der Waals surface area contributed by atoms with Crippen LogP contribution in [0.1, 0.15) is 25.0 Å². The molecule has 30 heavy (non-hydrogen) atoms. The molecule has 0 N–H and O–H groups in total. The topological polar surface area (TPSA) is 38.1 Å². The van der Waals surface area contributed by atoms with Crippen LogP contribution in [-0.2, 0) is 24.8 Å². The first-order chi connectivity index (χ1) is 14.6. The third-order valence-corrected chi connectivity index (χ3v) is 5.63. The number of aromatic nitrogens is 2. The summed E-state index contributed by atoms with van der Waals surface area (Å²) in [5.41, 5.74) is 5.56. The van der Waals surface area contributed by atoms with Gasteiger partial charge in [0.05, 0.1) is 12.1 Å². The lowest BCUT2D eigenvalue weighted by atomic mass is 10.0. The molecule has 0 fully saturated rings. The molecule has 4 rings (SSSR count). The summed E-state index contributed by atoms with van der Waals surface area (Å²) in [4.78, 5) is 19.5. The minimum Gasteiger partial charge on any atom is -0.343 e. The predicted octanol–water partition coefficient (Wildman–Crippen LogP) is 5.22. The van der Waals surface area contributed by atoms with Crippen LogP contribution in [0.25, 0.3) is 22.2 Å². The smallest absolute Gasteiger partial charge is 0.227 e. The van der Waals surface area contributed by atoms with Gasteiger partial charge < -0.3 is 9.47 Å². The summed E-state index contributed by atoms with van der Waals surface area (Å²) in [5, 5.41) is 1.14. The molecule has 0 saturated carbocycles. The molecule has 2 aromatic heterocycles. The lowest BCUT2D eigenvalue weighted by molar-refractivity contribution is -0.132. The minimum absolute atomic E-state index is 0.112. The summed E-state index contributed by atoms with van der Waals surface area (Å²) >= 11 is 0. The van der Waals surface area contributed by atoms with Crippen molar-refractivity contribution < 1.29 is 4.79 Å². The highest BCUT2D eigenvalue weighted by atomic mass is 16.2. The number of amides is 1. The number of rotatable bonds is 6. The van der Waals surface area contributed by atoms with Gasteiger partial charge in [0, 0.05) is 42.9 Å². The molecular weight excluding hydrogens is 370 g/mol. The maximum Gasteiger partial charge on any atom is 0.227 e. The van der Waals surface area contributed by atoms with Crippen molar-refractivity contribution in [3.05, 3.63) is 90.3 Å². The number of pyridine rings is 1. The van der Waals surface area contributed by atoms with E-state index < -0.39 is 0 Å². The first-order valence-electron chi connectivity index (χ1n) is 10.4. The molecule has 0 aliphatic heterocycles. The van der Waals surface area contributed by atoms with Crippen LogP contribution in [0.5, 0.6) is 0 Å². The van der Waals surface area contributed by atoms with Crippen molar-refractivity contribution in [2.45, 2.75) is 32.9 Å². The number of carbonyl (C=O) groups excluding carboxylic acids is 1. The number of fused-ring (bicyclic) bond motifs is 1. The van der Waals surface area contributed by atoms with Crippen LogP contribution in [-0.4, -0.2) is 26.4 Å². The predicted molar refractivity (Wildman–Crippen MR) is 122 cm³/mol. The lowest BCUT2D eigenvalue weighted by Gasteiger charge is -2.27. The first-order valence-corrected chi connectivity index (χ1v) is 10.4. The average molecular weight is 398 g/mol. The number of para-hydroxylation sites is 1. The number of carbonyl (C=O) groups is 1. The Morgan fingerprint density at radius 3 is 2.33 bits per heavy atom. The quantitative estimate of drug-likeness (QED) is 0.447. The van der Waals surface area contributed by atoms with E-state index in [-0.39, 0.29) is 11.9 Å². The van der Waals surface area contributed by atoms with E-state index in [0.29, 0.717) is 13.0 Å². The monoisotopic (exact) mass is 397 g/mol. The number of hydrogen-bond donors (Lipinski definition) is 0. The van der Waals surface area contributed by atoms with E-state index in [2.05, 4.69) is 54.7 Å². The van der Waals surface area contributed by atoms with Gasteiger partial charge >= 0.3 is 0 Å². The van der Waals surface area contributed by atoms with E-state index in [1.807, 2.05) is 47.4 Å². The standard InChI is InChI=1S/C26H27N3O/c1-19(2)29(18-20-13-15-27-16-14-20)25(30)17-23-22-11-7-8-12-24(22)28(3)26(23)21-9-5-4-6-10-21/h4-16,19H,17-18H2,1-3H3. The van der Waals surface area contributed by atoms with Crippen molar-refractivity contribution in [2.24, 2.45) is 7.05 Å². The zero-order chi connectivity index (χ0) is 21.1. The molecule has 1 amide bonds. The number of aryl methyl sites for hydroxylation is 1. The van der Waals surface area contributed by atoms with Crippen molar-refractivity contribution in [2.75, 3.05) is 0 Å². The SMILES string of the molecule is CC(C)N(Cc1ccncc1)C(=O)Cc1c(-c2ccccc2)n(C)c2ccccc12. The van der Waals surface area contributed by atoms with Crippen molar-refractivity contribution in [1.82, 2.24) is 14.5 Å². The van der Waals surface area contributed by atoms with Crippen LogP contribution in [0.4, 0.5) is 0 Å². The van der Waals surface area contributed by atoms with Crippen molar-refractivity contribution in [3.8, 4) is 11.3 Å². The minimum atomic E-state index is 0.112. The van der Waals surface area contributed by atoms with Gasteiger partial charge in [0.25, 0.3) is 0 Å². The van der Waals surface area contributed by atoms with Gasteiger partial charge in [0.15, 0.2) is 0 Å². The van der Waals surface area contributed by atoms with Gasteiger partial charge in [-0.1, -0.05) is 48.5 Å². The van der Waals surface area contributed by atoms with E-state index in [4.69, 9.17) is 0 Å². The average Bonchev–Trinajstić information content (AvgIpc) is 3.05. The molecule has 0 unspecified atom stereocenters. The van der Waals surface area contributed by atoms with Crippen molar-refractivity contribution in [1.29, 1.82) is 0 Å². The van der Waals surface area contributed by atoms with Crippen LogP contribution < -0.4 is 0 Å². The van der Waals surface area contributed by atoms with Gasteiger partial charge in [0.1, 0.15) is 0 Å². The summed E-state index contributed by atoms with van der Waals surface area (Å²) in [7, 11) is 2.08. The Bertz CT molecular complexity index is 1150. The number of hydrogen-bond acceptors (Lipinski definition) is 2. The zero-order valence-electron chi connectivity index (χ0n) is 17.7. The van der Waals surface area contributed by atoms with Crippen LogP contribution in [0, 0.1) is 0 Å². The highest BCUT2D eigenvalue weighted by Crippen LogP contribution is 2.33. The molecule has 4 nitrogen and oxygen atoms in total. The van der Waals surface area contributed by atoms with Gasteiger partial charge in [-0.15, -0.1) is 0 Å². The fourth-order valence-electron chi connectivity index (χ4n) is 4.11. The molecule has 0 aliphatic carbocycles. The molecule has 0 aliphatic rings. The molecule has 2 heterocycles. The molecule has 4 aromatic rings. The third kappa shape index (κ3) is 3.86. The van der Waals surface area contributed by atoms with Gasteiger partial charge in [-0.25, -0.2) is 0 Å². The maximum atomic E-state index is 13.5. The number of benzene rings is 2. The number of nitrogens with zero attached hydrogens (tertiary/aromatic N) is 3. The first kappa shape index (κ1) is 19.9. The second kappa shape index (κ2) is 8.54. The van der Waals surface area contributed by atoms with Crippen molar-refractivity contribution >= 4 is 16.8 Å². The Labute approximate surface area is 177 Å². The molecule has 4 heteroatoms. The fourth-order valence-corrected chi connectivity index (χ4v) is 4.11. The maximum absolute atomic E-state index is 13.5.